The molecular weight excluding hydrogens is 184 g/mol. The molecule has 0 N–H and O–H groups in total. The third kappa shape index (κ3) is 4.25. The van der Waals surface area contributed by atoms with Crippen LogP contribution in [0, 0.1) is 0 Å². The Morgan fingerprint density at radius 2 is 2.31 bits per heavy atom. The van der Waals surface area contributed by atoms with Gasteiger partial charge in [-0.3, -0.25) is 9.88 Å². The van der Waals surface area contributed by atoms with E-state index < -0.39 is 0 Å². The number of rotatable bonds is 4. The second-order valence-electron chi connectivity index (χ2n) is 3.30. The predicted octanol–water partition coefficient (Wildman–Crippen LogP) is 2.14. The number of halogens is 1. The first kappa shape index (κ1) is 10.5. The second kappa shape index (κ2) is 5.20. The van der Waals surface area contributed by atoms with Crippen molar-refractivity contribution in [3.05, 3.63) is 30.1 Å². The molecule has 3 heteroatoms. The Balaban J connectivity index is 2.41. The van der Waals surface area contributed by atoms with E-state index in [4.69, 9.17) is 11.6 Å². The van der Waals surface area contributed by atoms with Crippen LogP contribution in [0.25, 0.3) is 0 Å². The average Bonchev–Trinajstić information content (AvgIpc) is 2.04. The highest BCUT2D eigenvalue weighted by Gasteiger charge is 2.03. The van der Waals surface area contributed by atoms with Gasteiger partial charge >= 0.3 is 0 Å². The Morgan fingerprint density at radius 1 is 1.54 bits per heavy atom. The molecule has 0 bridgehead atoms. The van der Waals surface area contributed by atoms with Gasteiger partial charge in [0.1, 0.15) is 0 Å². The lowest BCUT2D eigenvalue weighted by Crippen LogP contribution is -2.24. The fraction of sp³-hybridized carbons (Fsp3) is 0.500. The van der Waals surface area contributed by atoms with E-state index in [0.717, 1.165) is 18.8 Å². The van der Waals surface area contributed by atoms with Crippen LogP contribution < -0.4 is 0 Å². The molecule has 2 nitrogen and oxygen atoms in total. The van der Waals surface area contributed by atoms with E-state index in [1.54, 1.807) is 0 Å². The lowest BCUT2D eigenvalue weighted by Gasteiger charge is -2.16. The van der Waals surface area contributed by atoms with Crippen molar-refractivity contribution < 1.29 is 0 Å². The van der Waals surface area contributed by atoms with Crippen molar-refractivity contribution in [2.75, 3.05) is 13.6 Å². The maximum atomic E-state index is 5.88. The molecule has 0 spiro atoms. The van der Waals surface area contributed by atoms with Crippen LogP contribution in [-0.4, -0.2) is 28.9 Å². The van der Waals surface area contributed by atoms with Gasteiger partial charge in [0.05, 0.1) is 5.69 Å². The third-order valence-corrected chi connectivity index (χ3v) is 1.86. The molecule has 0 saturated heterocycles. The number of nitrogens with zero attached hydrogens (tertiary/aromatic N) is 2. The monoisotopic (exact) mass is 198 g/mol. The predicted molar refractivity (Wildman–Crippen MR) is 55.9 cm³/mol. The van der Waals surface area contributed by atoms with Crippen molar-refractivity contribution in [3.63, 3.8) is 0 Å². The minimum absolute atomic E-state index is 0.189. The maximum Gasteiger partial charge on any atom is 0.0543 e. The van der Waals surface area contributed by atoms with Crippen LogP contribution in [0.2, 0.25) is 0 Å². The summed E-state index contributed by atoms with van der Waals surface area (Å²) >= 11 is 5.88. The summed E-state index contributed by atoms with van der Waals surface area (Å²) in [6.45, 7) is 3.74. The van der Waals surface area contributed by atoms with Gasteiger partial charge in [-0.2, -0.15) is 0 Å². The van der Waals surface area contributed by atoms with E-state index in [1.165, 1.54) is 0 Å². The van der Waals surface area contributed by atoms with Crippen molar-refractivity contribution in [2.24, 2.45) is 0 Å². The summed E-state index contributed by atoms with van der Waals surface area (Å²) < 4.78 is 0. The Kier molecular flexibility index (Phi) is 4.19. The van der Waals surface area contributed by atoms with E-state index >= 15 is 0 Å². The van der Waals surface area contributed by atoms with Crippen LogP contribution in [0.5, 0.6) is 0 Å². The van der Waals surface area contributed by atoms with E-state index in [-0.39, 0.29) is 5.38 Å². The maximum absolute atomic E-state index is 5.88. The number of aromatic nitrogens is 1. The van der Waals surface area contributed by atoms with Crippen molar-refractivity contribution in [3.8, 4) is 0 Å². The lowest BCUT2D eigenvalue weighted by molar-refractivity contribution is 0.326. The first-order valence-electron chi connectivity index (χ1n) is 4.41. The Hall–Kier alpha value is -0.600. The topological polar surface area (TPSA) is 16.1 Å². The van der Waals surface area contributed by atoms with Gasteiger partial charge in [0.25, 0.3) is 0 Å². The van der Waals surface area contributed by atoms with Crippen LogP contribution in [-0.2, 0) is 6.54 Å². The standard InChI is InChI=1S/C10H15ClN2/c1-9(11)7-13(2)8-10-5-3-4-6-12-10/h3-6,9H,7-8H2,1-2H3. The van der Waals surface area contributed by atoms with Crippen molar-refractivity contribution in [1.29, 1.82) is 0 Å². The molecule has 0 aliphatic heterocycles. The van der Waals surface area contributed by atoms with Gasteiger partial charge in [-0.1, -0.05) is 6.07 Å². The van der Waals surface area contributed by atoms with Gasteiger partial charge in [0.2, 0.25) is 0 Å². The minimum atomic E-state index is 0.189. The SMILES string of the molecule is CC(Cl)CN(C)Cc1ccccn1. The highest BCUT2D eigenvalue weighted by atomic mass is 35.5. The lowest BCUT2D eigenvalue weighted by atomic mass is 10.3. The van der Waals surface area contributed by atoms with Crippen LogP contribution in [0.15, 0.2) is 24.4 Å². The quantitative estimate of drug-likeness (QED) is 0.690. The Labute approximate surface area is 84.5 Å². The van der Waals surface area contributed by atoms with Gasteiger partial charge < -0.3 is 0 Å². The van der Waals surface area contributed by atoms with E-state index in [9.17, 15) is 0 Å². The summed E-state index contributed by atoms with van der Waals surface area (Å²) in [7, 11) is 2.05. The van der Waals surface area contributed by atoms with Crippen LogP contribution in [0.4, 0.5) is 0 Å². The molecule has 1 unspecified atom stereocenters. The number of alkyl halides is 1. The number of hydrogen-bond donors (Lipinski definition) is 0. The molecule has 1 aromatic rings. The molecule has 1 rings (SSSR count). The fourth-order valence-corrected chi connectivity index (χ4v) is 1.50. The zero-order valence-electron chi connectivity index (χ0n) is 8.07. The average molecular weight is 199 g/mol. The van der Waals surface area contributed by atoms with Crippen LogP contribution in [0.1, 0.15) is 12.6 Å². The fourth-order valence-electron chi connectivity index (χ4n) is 1.26. The molecule has 0 aliphatic rings. The van der Waals surface area contributed by atoms with Gasteiger partial charge in [0.15, 0.2) is 0 Å². The van der Waals surface area contributed by atoms with Gasteiger partial charge in [-0.15, -0.1) is 11.6 Å². The highest BCUT2D eigenvalue weighted by Crippen LogP contribution is 2.02. The largest absolute Gasteiger partial charge is 0.299 e. The Morgan fingerprint density at radius 3 is 2.85 bits per heavy atom. The van der Waals surface area contributed by atoms with E-state index in [2.05, 4.69) is 9.88 Å². The Bertz CT molecular complexity index is 236. The summed E-state index contributed by atoms with van der Waals surface area (Å²) in [4.78, 5) is 6.41. The minimum Gasteiger partial charge on any atom is -0.299 e. The molecule has 0 saturated carbocycles. The molecule has 0 radical (unpaired) electrons. The molecule has 0 aromatic carbocycles. The van der Waals surface area contributed by atoms with Gasteiger partial charge in [-0.25, -0.2) is 0 Å². The molecular formula is C10H15ClN2. The number of pyridine rings is 1. The first-order chi connectivity index (χ1) is 6.18. The zero-order chi connectivity index (χ0) is 9.68. The molecule has 0 aliphatic carbocycles. The zero-order valence-corrected chi connectivity index (χ0v) is 8.83. The summed E-state index contributed by atoms with van der Waals surface area (Å²) in [5, 5.41) is 0.189. The highest BCUT2D eigenvalue weighted by molar-refractivity contribution is 6.20. The smallest absolute Gasteiger partial charge is 0.0543 e. The summed E-state index contributed by atoms with van der Waals surface area (Å²) in [6, 6.07) is 5.95. The second-order valence-corrected chi connectivity index (χ2v) is 4.04. The molecule has 0 fully saturated rings. The summed E-state index contributed by atoms with van der Waals surface area (Å²) in [5.41, 5.74) is 1.09. The van der Waals surface area contributed by atoms with Crippen LogP contribution >= 0.6 is 11.6 Å². The van der Waals surface area contributed by atoms with Gasteiger partial charge in [-0.05, 0) is 26.1 Å². The molecule has 1 atom stereocenters. The van der Waals surface area contributed by atoms with E-state index in [0.29, 0.717) is 0 Å². The normalized spacial score (nSPS) is 13.2. The third-order valence-electron chi connectivity index (χ3n) is 1.72. The summed E-state index contributed by atoms with van der Waals surface area (Å²) in [5.74, 6) is 0. The molecule has 13 heavy (non-hydrogen) atoms. The molecule has 72 valence electrons. The molecule has 0 amide bonds. The van der Waals surface area contributed by atoms with Gasteiger partial charge in [0, 0.05) is 24.7 Å². The van der Waals surface area contributed by atoms with Crippen LogP contribution in [0.3, 0.4) is 0 Å². The molecule has 1 aromatic heterocycles. The first-order valence-corrected chi connectivity index (χ1v) is 4.84. The van der Waals surface area contributed by atoms with Crippen molar-refractivity contribution in [1.82, 2.24) is 9.88 Å². The number of hydrogen-bond acceptors (Lipinski definition) is 2. The molecule has 1 heterocycles. The van der Waals surface area contributed by atoms with Crippen molar-refractivity contribution >= 4 is 11.6 Å². The van der Waals surface area contributed by atoms with E-state index in [1.807, 2.05) is 38.4 Å². The van der Waals surface area contributed by atoms with Crippen molar-refractivity contribution in [2.45, 2.75) is 18.8 Å². The summed E-state index contributed by atoms with van der Waals surface area (Å²) in [6.07, 6.45) is 1.81.